The quantitative estimate of drug-likeness (QED) is 0.533. The van der Waals surface area contributed by atoms with Crippen LogP contribution in [0.1, 0.15) is 27.8 Å². The fourth-order valence-corrected chi connectivity index (χ4v) is 3.79. The first-order valence-electron chi connectivity index (χ1n) is 11.2. The van der Waals surface area contributed by atoms with Gasteiger partial charge in [-0.05, 0) is 54.7 Å². The second-order valence-corrected chi connectivity index (χ2v) is 8.25. The molecule has 0 aliphatic carbocycles. The van der Waals surface area contributed by atoms with E-state index < -0.39 is 6.04 Å². The molecule has 0 bridgehead atoms. The first-order valence-corrected chi connectivity index (χ1v) is 11.2. The molecule has 0 fully saturated rings. The third-order valence-electron chi connectivity index (χ3n) is 6.03. The fraction of sp³-hybridized carbons (Fsp3) is 0.286. The van der Waals surface area contributed by atoms with E-state index >= 15 is 0 Å². The second kappa shape index (κ2) is 11.3. The zero-order valence-corrected chi connectivity index (χ0v) is 19.8. The number of benzene rings is 3. The van der Waals surface area contributed by atoms with Gasteiger partial charge in [0.1, 0.15) is 11.8 Å². The molecule has 33 heavy (non-hydrogen) atoms. The molecule has 172 valence electrons. The minimum Gasteiger partial charge on any atom is -0.483 e. The average molecular weight is 445 g/mol. The first kappa shape index (κ1) is 24.1. The zero-order valence-electron chi connectivity index (χ0n) is 19.8. The summed E-state index contributed by atoms with van der Waals surface area (Å²) in [5.74, 6) is 0.245. The molecule has 0 radical (unpaired) electrons. The van der Waals surface area contributed by atoms with Gasteiger partial charge in [0.15, 0.2) is 6.61 Å². The molecule has 0 aromatic heterocycles. The first-order chi connectivity index (χ1) is 15.9. The van der Waals surface area contributed by atoms with E-state index in [1.165, 1.54) is 0 Å². The van der Waals surface area contributed by atoms with Crippen LogP contribution in [-0.2, 0) is 22.6 Å². The number of nitrogens with one attached hydrogen (secondary N) is 1. The summed E-state index contributed by atoms with van der Waals surface area (Å²) >= 11 is 0. The van der Waals surface area contributed by atoms with Crippen molar-refractivity contribution in [2.24, 2.45) is 0 Å². The van der Waals surface area contributed by atoms with Crippen LogP contribution in [0.5, 0.6) is 5.75 Å². The number of hydrogen-bond donors (Lipinski definition) is 1. The Morgan fingerprint density at radius 3 is 2.24 bits per heavy atom. The van der Waals surface area contributed by atoms with E-state index in [0.717, 1.165) is 27.8 Å². The van der Waals surface area contributed by atoms with Crippen LogP contribution in [0.4, 0.5) is 0 Å². The number of hydrogen-bond acceptors (Lipinski definition) is 3. The molecule has 2 amide bonds. The van der Waals surface area contributed by atoms with Gasteiger partial charge in [-0.15, -0.1) is 0 Å². The number of carbonyl (C=O) groups is 2. The van der Waals surface area contributed by atoms with Crippen molar-refractivity contribution in [2.45, 2.75) is 39.8 Å². The van der Waals surface area contributed by atoms with E-state index in [1.807, 2.05) is 93.6 Å². The molecule has 5 nitrogen and oxygen atoms in total. The lowest BCUT2D eigenvalue weighted by Crippen LogP contribution is -2.51. The van der Waals surface area contributed by atoms with Crippen LogP contribution in [0.3, 0.4) is 0 Å². The van der Waals surface area contributed by atoms with Crippen molar-refractivity contribution in [3.05, 3.63) is 101 Å². The van der Waals surface area contributed by atoms with Gasteiger partial charge in [0, 0.05) is 20.0 Å². The second-order valence-electron chi connectivity index (χ2n) is 8.25. The fourth-order valence-electron chi connectivity index (χ4n) is 3.79. The molecule has 0 heterocycles. The maximum Gasteiger partial charge on any atom is 0.261 e. The number of likely N-dealkylation sites (N-methyl/N-ethyl adjacent to an activating group) is 1. The topological polar surface area (TPSA) is 58.6 Å². The summed E-state index contributed by atoms with van der Waals surface area (Å²) in [7, 11) is 1.60. The van der Waals surface area contributed by atoms with Gasteiger partial charge in [0.05, 0.1) is 0 Å². The van der Waals surface area contributed by atoms with Crippen molar-refractivity contribution in [1.82, 2.24) is 10.2 Å². The largest absolute Gasteiger partial charge is 0.483 e. The molecule has 0 aliphatic rings. The number of nitrogens with zero attached hydrogens (tertiary/aromatic N) is 1. The van der Waals surface area contributed by atoms with Gasteiger partial charge in [0.2, 0.25) is 5.91 Å². The molecular formula is C28H32N2O3. The highest BCUT2D eigenvalue weighted by Crippen LogP contribution is 2.22. The minimum atomic E-state index is -0.660. The standard InChI is InChI=1S/C28H32N2O3/c1-20-12-10-16-26(22(20)3)33-19-27(31)30(18-24-15-9-8-11-21(24)2)25(28(32)29-4)17-23-13-6-5-7-14-23/h5-16,25H,17-19H2,1-4H3,(H,29,32)/t25-/m1/s1. The Morgan fingerprint density at radius 2 is 1.55 bits per heavy atom. The number of aryl methyl sites for hydroxylation is 2. The molecule has 1 atom stereocenters. The van der Waals surface area contributed by atoms with Crippen molar-refractivity contribution in [3.63, 3.8) is 0 Å². The van der Waals surface area contributed by atoms with Crippen molar-refractivity contribution in [3.8, 4) is 5.75 Å². The van der Waals surface area contributed by atoms with Gasteiger partial charge >= 0.3 is 0 Å². The highest BCUT2D eigenvalue weighted by Gasteiger charge is 2.30. The highest BCUT2D eigenvalue weighted by atomic mass is 16.5. The molecule has 0 saturated heterocycles. The normalized spacial score (nSPS) is 11.5. The number of rotatable bonds is 9. The molecule has 5 heteroatoms. The Labute approximate surface area is 196 Å². The maximum absolute atomic E-state index is 13.5. The molecule has 1 N–H and O–H groups in total. The van der Waals surface area contributed by atoms with Gasteiger partial charge in [-0.2, -0.15) is 0 Å². The Balaban J connectivity index is 1.90. The van der Waals surface area contributed by atoms with Gasteiger partial charge < -0.3 is 15.0 Å². The van der Waals surface area contributed by atoms with Crippen molar-refractivity contribution in [2.75, 3.05) is 13.7 Å². The third-order valence-corrected chi connectivity index (χ3v) is 6.03. The third kappa shape index (κ3) is 6.22. The predicted octanol–water partition coefficient (Wildman–Crippen LogP) is 4.38. The van der Waals surface area contributed by atoms with Gasteiger partial charge in [0.25, 0.3) is 5.91 Å². The van der Waals surface area contributed by atoms with E-state index in [2.05, 4.69) is 5.32 Å². The maximum atomic E-state index is 13.5. The molecular weight excluding hydrogens is 412 g/mol. The molecule has 0 unspecified atom stereocenters. The van der Waals surface area contributed by atoms with E-state index in [9.17, 15) is 9.59 Å². The van der Waals surface area contributed by atoms with Crippen molar-refractivity contribution < 1.29 is 14.3 Å². The SMILES string of the molecule is CNC(=O)[C@@H](Cc1ccccc1)N(Cc1ccccc1C)C(=O)COc1cccc(C)c1C. The molecule has 3 aromatic carbocycles. The van der Waals surface area contributed by atoms with Crippen LogP contribution in [0.25, 0.3) is 0 Å². The smallest absolute Gasteiger partial charge is 0.261 e. The van der Waals surface area contributed by atoms with Crippen LogP contribution in [-0.4, -0.2) is 36.4 Å². The zero-order chi connectivity index (χ0) is 23.8. The predicted molar refractivity (Wildman–Crippen MR) is 131 cm³/mol. The van der Waals surface area contributed by atoms with Crippen LogP contribution in [0.15, 0.2) is 72.8 Å². The summed E-state index contributed by atoms with van der Waals surface area (Å²) < 4.78 is 5.92. The highest BCUT2D eigenvalue weighted by molar-refractivity contribution is 5.88. The molecule has 3 aromatic rings. The van der Waals surface area contributed by atoms with E-state index in [1.54, 1.807) is 11.9 Å². The Kier molecular flexibility index (Phi) is 8.25. The van der Waals surface area contributed by atoms with Crippen LogP contribution >= 0.6 is 0 Å². The Bertz CT molecular complexity index is 1100. The molecule has 0 spiro atoms. The Morgan fingerprint density at radius 1 is 0.879 bits per heavy atom. The number of amides is 2. The summed E-state index contributed by atoms with van der Waals surface area (Å²) in [5, 5.41) is 2.74. The monoisotopic (exact) mass is 444 g/mol. The Hall–Kier alpha value is -3.60. The lowest BCUT2D eigenvalue weighted by Gasteiger charge is -2.31. The van der Waals surface area contributed by atoms with Crippen molar-refractivity contribution >= 4 is 11.8 Å². The van der Waals surface area contributed by atoms with Crippen molar-refractivity contribution in [1.29, 1.82) is 0 Å². The van der Waals surface area contributed by atoms with Gasteiger partial charge in [-0.3, -0.25) is 9.59 Å². The summed E-state index contributed by atoms with van der Waals surface area (Å²) in [5.41, 5.74) is 5.16. The lowest BCUT2D eigenvalue weighted by atomic mass is 10.0. The average Bonchev–Trinajstić information content (AvgIpc) is 2.83. The molecule has 3 rings (SSSR count). The van der Waals surface area contributed by atoms with Gasteiger partial charge in [-0.25, -0.2) is 0 Å². The summed E-state index contributed by atoms with van der Waals surface area (Å²) in [6, 6.07) is 22.8. The molecule has 0 saturated carbocycles. The van der Waals surface area contributed by atoms with E-state index in [4.69, 9.17) is 4.74 Å². The van der Waals surface area contributed by atoms with Crippen LogP contribution in [0, 0.1) is 20.8 Å². The number of carbonyl (C=O) groups excluding carboxylic acids is 2. The summed E-state index contributed by atoms with van der Waals surface area (Å²) in [6.07, 6.45) is 0.418. The minimum absolute atomic E-state index is 0.140. The van der Waals surface area contributed by atoms with E-state index in [0.29, 0.717) is 18.7 Å². The van der Waals surface area contributed by atoms with E-state index in [-0.39, 0.29) is 18.4 Å². The number of ether oxygens (including phenoxy) is 1. The van der Waals surface area contributed by atoms with Gasteiger partial charge in [-0.1, -0.05) is 66.7 Å². The summed E-state index contributed by atoms with van der Waals surface area (Å²) in [4.78, 5) is 28.1. The van der Waals surface area contributed by atoms with Crippen LogP contribution in [0.2, 0.25) is 0 Å². The lowest BCUT2D eigenvalue weighted by molar-refractivity contribution is -0.142. The summed E-state index contributed by atoms with van der Waals surface area (Å²) in [6.45, 7) is 6.18. The van der Waals surface area contributed by atoms with Crippen LogP contribution < -0.4 is 10.1 Å². The molecule has 0 aliphatic heterocycles.